The van der Waals surface area contributed by atoms with Crippen molar-refractivity contribution in [2.24, 2.45) is 0 Å². The average Bonchev–Trinajstić information content (AvgIpc) is 2.71. The molecule has 98 valence electrons. The Kier molecular flexibility index (Phi) is 4.05. The molecule has 2 fully saturated rings. The highest BCUT2D eigenvalue weighted by atomic mass is 16.5. The number of nitrogens with zero attached hydrogens (tertiary/aromatic N) is 1. The van der Waals surface area contributed by atoms with Crippen LogP contribution in [-0.4, -0.2) is 48.7 Å². The third kappa shape index (κ3) is 2.99. The molecule has 2 saturated heterocycles. The minimum atomic E-state index is -0.107. The molecule has 0 radical (unpaired) electrons. The van der Waals surface area contributed by atoms with Crippen molar-refractivity contribution >= 4 is 5.91 Å². The molecule has 4 heteroatoms. The van der Waals surface area contributed by atoms with E-state index in [2.05, 4.69) is 12.2 Å². The fourth-order valence-electron chi connectivity index (χ4n) is 2.90. The Balaban J connectivity index is 1.93. The SMILES string of the molecule is CCNC1CCCN(CC2(C)CCCO2)C1=O. The summed E-state index contributed by atoms with van der Waals surface area (Å²) < 4.78 is 5.77. The van der Waals surface area contributed by atoms with E-state index in [1.54, 1.807) is 0 Å². The molecule has 17 heavy (non-hydrogen) atoms. The van der Waals surface area contributed by atoms with Crippen molar-refractivity contribution in [1.82, 2.24) is 10.2 Å². The van der Waals surface area contributed by atoms with Crippen molar-refractivity contribution in [1.29, 1.82) is 0 Å². The van der Waals surface area contributed by atoms with Gasteiger partial charge in [0.05, 0.1) is 11.6 Å². The molecule has 2 unspecified atom stereocenters. The highest BCUT2D eigenvalue weighted by molar-refractivity contribution is 5.82. The Bertz CT molecular complexity index is 273. The van der Waals surface area contributed by atoms with Gasteiger partial charge in [-0.25, -0.2) is 0 Å². The second-order valence-corrected chi connectivity index (χ2v) is 5.41. The molecule has 0 aromatic rings. The van der Waals surface area contributed by atoms with Gasteiger partial charge in [-0.3, -0.25) is 4.79 Å². The highest BCUT2D eigenvalue weighted by Crippen LogP contribution is 2.27. The van der Waals surface area contributed by atoms with E-state index < -0.39 is 0 Å². The molecular weight excluding hydrogens is 216 g/mol. The van der Waals surface area contributed by atoms with Crippen LogP contribution < -0.4 is 5.32 Å². The zero-order chi connectivity index (χ0) is 12.3. The van der Waals surface area contributed by atoms with E-state index in [4.69, 9.17) is 4.74 Å². The molecule has 0 spiro atoms. The molecule has 0 saturated carbocycles. The predicted molar refractivity (Wildman–Crippen MR) is 66.9 cm³/mol. The second-order valence-electron chi connectivity index (χ2n) is 5.41. The summed E-state index contributed by atoms with van der Waals surface area (Å²) in [5.74, 6) is 0.259. The first-order valence-electron chi connectivity index (χ1n) is 6.81. The van der Waals surface area contributed by atoms with E-state index in [0.29, 0.717) is 0 Å². The van der Waals surface area contributed by atoms with Crippen LogP contribution in [0.2, 0.25) is 0 Å². The number of ether oxygens (including phenoxy) is 1. The van der Waals surface area contributed by atoms with E-state index >= 15 is 0 Å². The van der Waals surface area contributed by atoms with Crippen LogP contribution >= 0.6 is 0 Å². The van der Waals surface area contributed by atoms with Crippen LogP contribution in [-0.2, 0) is 9.53 Å². The van der Waals surface area contributed by atoms with E-state index in [1.807, 2.05) is 11.8 Å². The summed E-state index contributed by atoms with van der Waals surface area (Å²) in [4.78, 5) is 14.2. The van der Waals surface area contributed by atoms with Crippen molar-refractivity contribution in [3.05, 3.63) is 0 Å². The van der Waals surface area contributed by atoms with Crippen LogP contribution in [0, 0.1) is 0 Å². The number of likely N-dealkylation sites (N-methyl/N-ethyl adjacent to an activating group) is 1. The number of amides is 1. The molecule has 4 nitrogen and oxygen atoms in total. The molecule has 2 rings (SSSR count). The van der Waals surface area contributed by atoms with Gasteiger partial charge in [0.15, 0.2) is 0 Å². The van der Waals surface area contributed by atoms with Gasteiger partial charge in [0.2, 0.25) is 5.91 Å². The quantitative estimate of drug-likeness (QED) is 0.801. The number of nitrogens with one attached hydrogen (secondary N) is 1. The maximum atomic E-state index is 12.3. The third-order valence-electron chi connectivity index (χ3n) is 3.81. The number of hydrogen-bond acceptors (Lipinski definition) is 3. The molecule has 2 heterocycles. The zero-order valence-corrected chi connectivity index (χ0v) is 11.0. The van der Waals surface area contributed by atoms with Crippen LogP contribution in [0.25, 0.3) is 0 Å². The highest BCUT2D eigenvalue weighted by Gasteiger charge is 2.36. The Morgan fingerprint density at radius 2 is 2.35 bits per heavy atom. The summed E-state index contributed by atoms with van der Waals surface area (Å²) in [6.45, 7) is 7.53. The molecule has 2 aliphatic rings. The van der Waals surface area contributed by atoms with Gasteiger partial charge in [0.25, 0.3) is 0 Å². The summed E-state index contributed by atoms with van der Waals surface area (Å²) in [6, 6.07) is 0.0266. The summed E-state index contributed by atoms with van der Waals surface area (Å²) in [6.07, 6.45) is 4.26. The van der Waals surface area contributed by atoms with Crippen molar-refractivity contribution in [3.8, 4) is 0 Å². The van der Waals surface area contributed by atoms with Gasteiger partial charge in [-0.1, -0.05) is 6.92 Å². The number of carbonyl (C=O) groups is 1. The minimum absolute atomic E-state index is 0.0266. The van der Waals surface area contributed by atoms with Gasteiger partial charge in [0, 0.05) is 19.7 Å². The maximum absolute atomic E-state index is 12.3. The Morgan fingerprint density at radius 1 is 1.53 bits per heavy atom. The van der Waals surface area contributed by atoms with Crippen LogP contribution in [0.1, 0.15) is 39.5 Å². The lowest BCUT2D eigenvalue weighted by Gasteiger charge is -2.37. The average molecular weight is 240 g/mol. The number of carbonyl (C=O) groups excluding carboxylic acids is 1. The molecule has 0 aromatic carbocycles. The lowest BCUT2D eigenvalue weighted by atomic mass is 9.98. The van der Waals surface area contributed by atoms with Crippen LogP contribution in [0.5, 0.6) is 0 Å². The normalized spacial score (nSPS) is 34.4. The lowest BCUT2D eigenvalue weighted by molar-refractivity contribution is -0.139. The second kappa shape index (κ2) is 5.36. The van der Waals surface area contributed by atoms with E-state index in [1.165, 1.54) is 0 Å². The van der Waals surface area contributed by atoms with Gasteiger partial charge in [-0.05, 0) is 39.2 Å². The Labute approximate surface area is 104 Å². The topological polar surface area (TPSA) is 41.6 Å². The zero-order valence-electron chi connectivity index (χ0n) is 11.0. The van der Waals surface area contributed by atoms with Crippen molar-refractivity contribution < 1.29 is 9.53 Å². The lowest BCUT2D eigenvalue weighted by Crippen LogP contribution is -2.54. The van der Waals surface area contributed by atoms with E-state index in [0.717, 1.165) is 51.9 Å². The van der Waals surface area contributed by atoms with Crippen molar-refractivity contribution in [2.45, 2.75) is 51.2 Å². The van der Waals surface area contributed by atoms with Crippen LogP contribution in [0.4, 0.5) is 0 Å². The van der Waals surface area contributed by atoms with Gasteiger partial charge in [-0.2, -0.15) is 0 Å². The first-order chi connectivity index (χ1) is 8.14. The largest absolute Gasteiger partial charge is 0.373 e. The molecule has 0 aromatic heterocycles. The molecule has 1 N–H and O–H groups in total. The van der Waals surface area contributed by atoms with Crippen LogP contribution in [0.15, 0.2) is 0 Å². The molecular formula is C13H24N2O2. The fraction of sp³-hybridized carbons (Fsp3) is 0.923. The summed E-state index contributed by atoms with van der Waals surface area (Å²) in [7, 11) is 0. The van der Waals surface area contributed by atoms with E-state index in [9.17, 15) is 4.79 Å². The standard InChI is InChI=1S/C13H24N2O2/c1-3-14-11-6-4-8-15(12(11)16)10-13(2)7-5-9-17-13/h11,14H,3-10H2,1-2H3. The first kappa shape index (κ1) is 12.8. The van der Waals surface area contributed by atoms with Crippen LogP contribution in [0.3, 0.4) is 0 Å². The minimum Gasteiger partial charge on any atom is -0.373 e. The fourth-order valence-corrected chi connectivity index (χ4v) is 2.90. The summed E-state index contributed by atoms with van der Waals surface area (Å²) >= 11 is 0. The maximum Gasteiger partial charge on any atom is 0.239 e. The van der Waals surface area contributed by atoms with Crippen molar-refractivity contribution in [2.75, 3.05) is 26.2 Å². The molecule has 2 aliphatic heterocycles. The number of likely N-dealkylation sites (tertiary alicyclic amines) is 1. The number of rotatable bonds is 4. The van der Waals surface area contributed by atoms with Crippen molar-refractivity contribution in [3.63, 3.8) is 0 Å². The third-order valence-corrected chi connectivity index (χ3v) is 3.81. The number of piperidine rings is 1. The monoisotopic (exact) mass is 240 g/mol. The smallest absolute Gasteiger partial charge is 0.239 e. The predicted octanol–water partition coefficient (Wildman–Crippen LogP) is 1.16. The summed E-state index contributed by atoms with van der Waals surface area (Å²) in [5.41, 5.74) is -0.107. The van der Waals surface area contributed by atoms with Gasteiger partial charge >= 0.3 is 0 Å². The molecule has 0 bridgehead atoms. The van der Waals surface area contributed by atoms with Gasteiger partial charge in [0.1, 0.15) is 0 Å². The van der Waals surface area contributed by atoms with Gasteiger partial charge < -0.3 is 15.0 Å². The Morgan fingerprint density at radius 3 is 3.00 bits per heavy atom. The first-order valence-corrected chi connectivity index (χ1v) is 6.81. The van der Waals surface area contributed by atoms with E-state index in [-0.39, 0.29) is 17.6 Å². The van der Waals surface area contributed by atoms with Gasteiger partial charge in [-0.15, -0.1) is 0 Å². The molecule has 0 aliphatic carbocycles. The Hall–Kier alpha value is -0.610. The molecule has 2 atom stereocenters. The number of hydrogen-bond donors (Lipinski definition) is 1. The summed E-state index contributed by atoms with van der Waals surface area (Å²) in [5, 5.41) is 3.27. The molecule has 1 amide bonds.